The summed E-state index contributed by atoms with van der Waals surface area (Å²) < 4.78 is 33.1. The van der Waals surface area contributed by atoms with Crippen LogP contribution >= 0.6 is 0 Å². The first-order valence-electron chi connectivity index (χ1n) is 14.4. The van der Waals surface area contributed by atoms with Gasteiger partial charge in [-0.15, -0.1) is 0 Å². The molecule has 2 heterocycles. The van der Waals surface area contributed by atoms with E-state index in [0.29, 0.717) is 36.3 Å². The van der Waals surface area contributed by atoms with Crippen LogP contribution in [0.25, 0.3) is 0 Å². The lowest BCUT2D eigenvalue weighted by atomic mass is 9.64. The third kappa shape index (κ3) is 6.24. The van der Waals surface area contributed by atoms with Crippen molar-refractivity contribution in [1.29, 1.82) is 0 Å². The maximum atomic E-state index is 7.60. The highest BCUT2D eigenvalue weighted by molar-refractivity contribution is 6.60. The van der Waals surface area contributed by atoms with E-state index in [1.807, 2.05) is 0 Å². The highest BCUT2D eigenvalue weighted by Crippen LogP contribution is 2.55. The molecule has 0 N–H and O–H groups in total. The van der Waals surface area contributed by atoms with Gasteiger partial charge in [-0.3, -0.25) is 0 Å². The van der Waals surface area contributed by atoms with Gasteiger partial charge in [0.15, 0.2) is 0 Å². The molecule has 6 heteroatoms. The lowest BCUT2D eigenvalue weighted by Crippen LogP contribution is -2.60. The van der Waals surface area contributed by atoms with E-state index in [9.17, 15) is 0 Å². The molecule has 4 fully saturated rings. The maximum absolute atomic E-state index is 7.60. The molecule has 33 heavy (non-hydrogen) atoms. The first-order valence-corrected chi connectivity index (χ1v) is 16.3. The van der Waals surface area contributed by atoms with Crippen LogP contribution in [-0.2, 0) is 22.8 Å². The lowest BCUT2D eigenvalue weighted by molar-refractivity contribution is -0.121. The van der Waals surface area contributed by atoms with E-state index in [4.69, 9.17) is 22.8 Å². The van der Waals surface area contributed by atoms with Crippen molar-refractivity contribution in [3.63, 3.8) is 0 Å². The Bertz CT molecular complexity index is 563. The highest BCUT2D eigenvalue weighted by atomic mass is 28.4. The number of rotatable bonds is 16. The molecule has 0 aromatic carbocycles. The fourth-order valence-corrected chi connectivity index (χ4v) is 9.81. The van der Waals surface area contributed by atoms with Crippen molar-refractivity contribution >= 4 is 8.80 Å². The smallest absolute Gasteiger partial charge is 0.373 e. The van der Waals surface area contributed by atoms with Crippen molar-refractivity contribution in [3.8, 4) is 0 Å². The zero-order valence-electron chi connectivity index (χ0n) is 21.8. The molecule has 192 valence electrons. The van der Waals surface area contributed by atoms with Crippen LogP contribution in [0.2, 0.25) is 6.04 Å². The van der Waals surface area contributed by atoms with E-state index in [1.54, 1.807) is 0 Å². The predicted molar refractivity (Wildman–Crippen MR) is 133 cm³/mol. The summed E-state index contributed by atoms with van der Waals surface area (Å²) in [7, 11) is -2.81. The molecular weight excluding hydrogens is 432 g/mol. The number of fused-ring (bicyclic) bond motifs is 2. The molecule has 2 aliphatic carbocycles. The van der Waals surface area contributed by atoms with Crippen molar-refractivity contribution in [1.82, 2.24) is 0 Å². The Morgan fingerprint density at radius 2 is 1.24 bits per heavy atom. The second-order valence-corrected chi connectivity index (χ2v) is 13.7. The first kappa shape index (κ1) is 26.1. The first-order chi connectivity index (χ1) is 16.1. The number of hydrogen-bond donors (Lipinski definition) is 0. The Morgan fingerprint density at radius 1 is 0.697 bits per heavy atom. The molecule has 0 amide bonds. The summed E-state index contributed by atoms with van der Waals surface area (Å²) in [6, 6.07) is 0.927. The maximum Gasteiger partial charge on any atom is 0.501 e. The van der Waals surface area contributed by atoms with Gasteiger partial charge in [-0.2, -0.15) is 0 Å². The van der Waals surface area contributed by atoms with Gasteiger partial charge in [0.05, 0.1) is 30.0 Å². The van der Waals surface area contributed by atoms with Crippen molar-refractivity contribution < 1.29 is 22.8 Å². The van der Waals surface area contributed by atoms with Crippen LogP contribution in [-0.4, -0.2) is 52.0 Å². The van der Waals surface area contributed by atoms with Crippen molar-refractivity contribution in [2.24, 2.45) is 11.8 Å². The van der Waals surface area contributed by atoms with Crippen molar-refractivity contribution in [2.75, 3.05) is 13.2 Å². The Balaban J connectivity index is 1.63. The molecule has 6 atom stereocenters. The summed E-state index contributed by atoms with van der Waals surface area (Å²) in [5.41, 5.74) is -0.164. The number of epoxide rings is 2. The van der Waals surface area contributed by atoms with Crippen LogP contribution in [0.4, 0.5) is 0 Å². The zero-order chi connectivity index (χ0) is 23.3. The van der Waals surface area contributed by atoms with E-state index in [1.165, 1.54) is 25.7 Å². The number of unbranched alkanes of at least 4 members (excludes halogenated alkanes) is 2. The molecule has 5 nitrogen and oxygen atoms in total. The molecule has 2 saturated heterocycles. The quantitative estimate of drug-likeness (QED) is 0.140. The summed E-state index contributed by atoms with van der Waals surface area (Å²) in [6.07, 6.45) is 16.8. The van der Waals surface area contributed by atoms with Gasteiger partial charge in [0.1, 0.15) is 0 Å². The van der Waals surface area contributed by atoms with Crippen LogP contribution in [0.15, 0.2) is 0 Å². The largest absolute Gasteiger partial charge is 0.501 e. The van der Waals surface area contributed by atoms with E-state index < -0.39 is 8.80 Å². The van der Waals surface area contributed by atoms with Crippen molar-refractivity contribution in [2.45, 2.75) is 147 Å². The minimum Gasteiger partial charge on any atom is -0.373 e. The molecule has 4 aliphatic rings. The van der Waals surface area contributed by atoms with E-state index in [0.717, 1.165) is 77.0 Å². The van der Waals surface area contributed by atoms with Crippen LogP contribution in [0.3, 0.4) is 0 Å². The Morgan fingerprint density at radius 3 is 1.67 bits per heavy atom. The Labute approximate surface area is 204 Å². The molecular formula is C27H50O5Si. The van der Waals surface area contributed by atoms with Crippen LogP contribution < -0.4 is 0 Å². The highest BCUT2D eigenvalue weighted by Gasteiger charge is 2.60. The molecule has 2 saturated carbocycles. The zero-order valence-corrected chi connectivity index (χ0v) is 22.8. The minimum absolute atomic E-state index is 0.164. The fourth-order valence-electron chi connectivity index (χ4n) is 6.68. The second kappa shape index (κ2) is 11.8. The molecule has 6 unspecified atom stereocenters. The molecule has 0 aromatic rings. The van der Waals surface area contributed by atoms with Crippen LogP contribution in [0.1, 0.15) is 111 Å². The SMILES string of the molecule is CCCCO[Si](CCC)(OCCCC)OC(CCC)(C1CCC2OC2C1)C1CCC2OC2C1. The van der Waals surface area contributed by atoms with Crippen molar-refractivity contribution in [3.05, 3.63) is 0 Å². The van der Waals surface area contributed by atoms with Gasteiger partial charge >= 0.3 is 8.80 Å². The fraction of sp³-hybridized carbons (Fsp3) is 1.00. The lowest BCUT2D eigenvalue weighted by Gasteiger charge is -2.52. The average Bonchev–Trinajstić information content (AvgIpc) is 3.73. The molecule has 0 bridgehead atoms. The molecule has 0 radical (unpaired) electrons. The normalized spacial score (nSPS) is 34.9. The van der Waals surface area contributed by atoms with Gasteiger partial charge in [-0.05, 0) is 69.6 Å². The Kier molecular flexibility index (Phi) is 9.36. The third-order valence-corrected chi connectivity index (χ3v) is 11.7. The van der Waals surface area contributed by atoms with E-state index in [2.05, 4.69) is 27.7 Å². The van der Waals surface area contributed by atoms with Gasteiger partial charge in [-0.25, -0.2) is 0 Å². The summed E-state index contributed by atoms with van der Waals surface area (Å²) in [5, 5.41) is 0. The van der Waals surface area contributed by atoms with Gasteiger partial charge in [0, 0.05) is 19.3 Å². The van der Waals surface area contributed by atoms with E-state index >= 15 is 0 Å². The molecule has 2 aliphatic heterocycles. The van der Waals surface area contributed by atoms with Crippen LogP contribution in [0.5, 0.6) is 0 Å². The summed E-state index contributed by atoms with van der Waals surface area (Å²) >= 11 is 0. The van der Waals surface area contributed by atoms with Gasteiger partial charge in [0.2, 0.25) is 0 Å². The van der Waals surface area contributed by atoms with Gasteiger partial charge in [0.25, 0.3) is 0 Å². The summed E-state index contributed by atoms with van der Waals surface area (Å²) in [4.78, 5) is 0. The predicted octanol–water partition coefficient (Wildman–Crippen LogP) is 6.66. The second-order valence-electron chi connectivity index (χ2n) is 11.1. The molecule has 4 rings (SSSR count). The summed E-state index contributed by atoms with van der Waals surface area (Å²) in [5.74, 6) is 1.07. The van der Waals surface area contributed by atoms with Gasteiger partial charge in [-0.1, -0.05) is 53.4 Å². The summed E-state index contributed by atoms with van der Waals surface area (Å²) in [6.45, 7) is 10.6. The Hall–Kier alpha value is 0.0169. The third-order valence-electron chi connectivity index (χ3n) is 8.57. The van der Waals surface area contributed by atoms with E-state index in [-0.39, 0.29) is 5.60 Å². The topological polar surface area (TPSA) is 52.8 Å². The number of hydrogen-bond acceptors (Lipinski definition) is 5. The minimum atomic E-state index is -2.81. The number of ether oxygens (including phenoxy) is 2. The van der Waals surface area contributed by atoms with Gasteiger partial charge < -0.3 is 22.8 Å². The van der Waals surface area contributed by atoms with Crippen LogP contribution in [0, 0.1) is 11.8 Å². The average molecular weight is 483 g/mol. The standard InChI is InChI=1S/C27H50O5Si/c1-5-9-16-28-33(18-8-4,29-17-10-6-2)32-27(15-7-3,21-11-13-23-25(19-21)30-23)22-12-14-24-26(20-22)31-24/h21-26H,5-20H2,1-4H3. The molecule has 0 aromatic heterocycles. The monoisotopic (exact) mass is 482 g/mol. The molecule has 0 spiro atoms.